The predicted octanol–water partition coefficient (Wildman–Crippen LogP) is 3.52. The van der Waals surface area contributed by atoms with Gasteiger partial charge in [0.2, 0.25) is 0 Å². The largest absolute Gasteiger partial charge is 0.458 e. The number of carbonyl (C=O) groups is 1. The van der Waals surface area contributed by atoms with Crippen LogP contribution in [0.3, 0.4) is 0 Å². The van der Waals surface area contributed by atoms with Crippen LogP contribution in [0.2, 0.25) is 0 Å². The van der Waals surface area contributed by atoms with Crippen LogP contribution in [0.1, 0.15) is 44.6 Å². The van der Waals surface area contributed by atoms with Gasteiger partial charge in [-0.1, -0.05) is 23.3 Å². The lowest BCUT2D eigenvalue weighted by Gasteiger charge is -2.20. The van der Waals surface area contributed by atoms with Crippen LogP contribution in [-0.4, -0.2) is 27.1 Å². The van der Waals surface area contributed by atoms with E-state index in [0.717, 1.165) is 31.2 Å². The van der Waals surface area contributed by atoms with E-state index in [9.17, 15) is 13.2 Å². The van der Waals surface area contributed by atoms with Crippen LogP contribution in [-0.2, 0) is 23.8 Å². The highest BCUT2D eigenvalue weighted by Gasteiger charge is 2.17. The average molecular weight is 352 g/mol. The van der Waals surface area contributed by atoms with Crippen molar-refractivity contribution >= 4 is 16.1 Å². The molecule has 0 spiro atoms. The maximum atomic E-state index is 12.1. The highest BCUT2D eigenvalue weighted by Crippen LogP contribution is 2.24. The first-order valence-electron chi connectivity index (χ1n) is 8.20. The van der Waals surface area contributed by atoms with Gasteiger partial charge in [-0.15, -0.1) is 0 Å². The summed E-state index contributed by atoms with van der Waals surface area (Å²) in [5.41, 5.74) is 2.20. The van der Waals surface area contributed by atoms with Gasteiger partial charge < -0.3 is 4.74 Å². The molecule has 1 unspecified atom stereocenters. The van der Waals surface area contributed by atoms with Crippen LogP contribution in [0, 0.1) is 6.92 Å². The van der Waals surface area contributed by atoms with Gasteiger partial charge >= 0.3 is 5.97 Å². The zero-order chi connectivity index (χ0) is 17.6. The Balaban J connectivity index is 1.80. The molecular formula is C18H24O5S. The summed E-state index contributed by atoms with van der Waals surface area (Å²) in [5.74, 6) is -0.273. The third kappa shape index (κ3) is 5.76. The lowest BCUT2D eigenvalue weighted by atomic mass is 9.94. The van der Waals surface area contributed by atoms with Gasteiger partial charge in [-0.3, -0.25) is 8.98 Å². The molecule has 0 bridgehead atoms. The van der Waals surface area contributed by atoms with Gasteiger partial charge in [0.05, 0.1) is 11.5 Å². The SMILES string of the molecule is CC(=O)OC1C=C(CCCOS(=O)(=O)c2ccc(C)cc2)CCC1. The first-order chi connectivity index (χ1) is 11.4. The molecule has 6 heteroatoms. The van der Waals surface area contributed by atoms with Crippen molar-refractivity contribution in [1.82, 2.24) is 0 Å². The molecule has 1 aliphatic carbocycles. The summed E-state index contributed by atoms with van der Waals surface area (Å²) in [5, 5.41) is 0. The number of esters is 1. The normalized spacial score (nSPS) is 18.1. The Kier molecular flexibility index (Phi) is 6.57. The van der Waals surface area contributed by atoms with Gasteiger partial charge in [-0.2, -0.15) is 8.42 Å². The zero-order valence-electron chi connectivity index (χ0n) is 14.2. The topological polar surface area (TPSA) is 69.7 Å². The Morgan fingerprint density at radius 3 is 2.62 bits per heavy atom. The number of hydrogen-bond donors (Lipinski definition) is 0. The highest BCUT2D eigenvalue weighted by molar-refractivity contribution is 7.86. The minimum Gasteiger partial charge on any atom is -0.458 e. The molecule has 0 saturated carbocycles. The molecule has 0 radical (unpaired) electrons. The molecule has 2 rings (SSSR count). The molecule has 0 aliphatic heterocycles. The molecule has 1 aliphatic rings. The molecule has 5 nitrogen and oxygen atoms in total. The van der Waals surface area contributed by atoms with Crippen molar-refractivity contribution in [3.8, 4) is 0 Å². The number of hydrogen-bond acceptors (Lipinski definition) is 5. The molecule has 1 aromatic carbocycles. The first kappa shape index (κ1) is 18.7. The Bertz CT molecular complexity index is 689. The van der Waals surface area contributed by atoms with E-state index in [1.54, 1.807) is 24.3 Å². The standard InChI is InChI=1S/C18H24O5S/c1-14-8-10-18(11-9-14)24(20,21)22-12-4-6-16-5-3-7-17(13-16)23-15(2)19/h8-11,13,17H,3-7,12H2,1-2H3. The van der Waals surface area contributed by atoms with Gasteiger partial charge in [0.15, 0.2) is 0 Å². The second kappa shape index (κ2) is 8.44. The molecule has 0 heterocycles. The van der Waals surface area contributed by atoms with Crippen molar-refractivity contribution in [2.75, 3.05) is 6.61 Å². The van der Waals surface area contributed by atoms with E-state index in [-0.39, 0.29) is 23.6 Å². The van der Waals surface area contributed by atoms with E-state index < -0.39 is 10.1 Å². The van der Waals surface area contributed by atoms with Crippen LogP contribution in [0.25, 0.3) is 0 Å². The molecule has 0 amide bonds. The fourth-order valence-corrected chi connectivity index (χ4v) is 3.66. The molecule has 0 aromatic heterocycles. The van der Waals surface area contributed by atoms with Crippen LogP contribution >= 0.6 is 0 Å². The van der Waals surface area contributed by atoms with Crippen molar-refractivity contribution in [2.45, 2.75) is 57.0 Å². The quantitative estimate of drug-likeness (QED) is 0.325. The lowest BCUT2D eigenvalue weighted by molar-refractivity contribution is -0.144. The Morgan fingerprint density at radius 1 is 1.25 bits per heavy atom. The maximum absolute atomic E-state index is 12.1. The van der Waals surface area contributed by atoms with Gasteiger partial charge in [0, 0.05) is 6.92 Å². The minimum atomic E-state index is -3.70. The Labute approximate surface area is 143 Å². The number of ether oxygens (including phenoxy) is 1. The van der Waals surface area contributed by atoms with Crippen LogP contribution in [0.5, 0.6) is 0 Å². The molecule has 0 saturated heterocycles. The van der Waals surface area contributed by atoms with Crippen LogP contribution in [0.15, 0.2) is 40.8 Å². The molecule has 1 atom stereocenters. The van der Waals surface area contributed by atoms with Gasteiger partial charge in [-0.25, -0.2) is 0 Å². The summed E-state index contributed by atoms with van der Waals surface area (Å²) in [7, 11) is -3.70. The van der Waals surface area contributed by atoms with Crippen LogP contribution in [0.4, 0.5) is 0 Å². The lowest BCUT2D eigenvalue weighted by Crippen LogP contribution is -2.17. The summed E-state index contributed by atoms with van der Waals surface area (Å²) in [6.07, 6.45) is 5.99. The smallest absolute Gasteiger partial charge is 0.303 e. The Morgan fingerprint density at radius 2 is 1.96 bits per heavy atom. The molecule has 24 heavy (non-hydrogen) atoms. The number of aryl methyl sites for hydroxylation is 1. The Hall–Kier alpha value is -1.66. The van der Waals surface area contributed by atoms with E-state index in [1.807, 2.05) is 13.0 Å². The summed E-state index contributed by atoms with van der Waals surface area (Å²) < 4.78 is 34.5. The average Bonchev–Trinajstić information content (AvgIpc) is 2.52. The number of carbonyl (C=O) groups excluding carboxylic acids is 1. The molecule has 132 valence electrons. The minimum absolute atomic E-state index is 0.145. The summed E-state index contributed by atoms with van der Waals surface area (Å²) >= 11 is 0. The number of rotatable bonds is 7. The van der Waals surface area contributed by atoms with E-state index in [0.29, 0.717) is 6.42 Å². The van der Waals surface area contributed by atoms with Gasteiger partial charge in [0.25, 0.3) is 10.1 Å². The summed E-state index contributed by atoms with van der Waals surface area (Å²) in [6, 6.07) is 6.60. The number of allylic oxidation sites excluding steroid dienone is 1. The van der Waals surface area contributed by atoms with Crippen molar-refractivity contribution in [3.63, 3.8) is 0 Å². The second-order valence-electron chi connectivity index (χ2n) is 6.06. The van der Waals surface area contributed by atoms with Crippen molar-refractivity contribution in [1.29, 1.82) is 0 Å². The monoisotopic (exact) mass is 352 g/mol. The van der Waals surface area contributed by atoms with E-state index in [1.165, 1.54) is 12.5 Å². The van der Waals surface area contributed by atoms with E-state index in [2.05, 4.69) is 0 Å². The second-order valence-corrected chi connectivity index (χ2v) is 7.67. The first-order valence-corrected chi connectivity index (χ1v) is 9.60. The number of benzene rings is 1. The summed E-state index contributed by atoms with van der Waals surface area (Å²) in [4.78, 5) is 11.2. The summed E-state index contributed by atoms with van der Waals surface area (Å²) in [6.45, 7) is 3.45. The van der Waals surface area contributed by atoms with Gasteiger partial charge in [0.1, 0.15) is 6.10 Å². The van der Waals surface area contributed by atoms with Crippen molar-refractivity contribution < 1.29 is 22.1 Å². The van der Waals surface area contributed by atoms with E-state index >= 15 is 0 Å². The van der Waals surface area contributed by atoms with Crippen LogP contribution < -0.4 is 0 Å². The van der Waals surface area contributed by atoms with Crippen molar-refractivity contribution in [3.05, 3.63) is 41.5 Å². The molecule has 0 N–H and O–H groups in total. The fraction of sp³-hybridized carbons (Fsp3) is 0.500. The highest BCUT2D eigenvalue weighted by atomic mass is 32.2. The third-order valence-electron chi connectivity index (χ3n) is 3.92. The maximum Gasteiger partial charge on any atom is 0.303 e. The van der Waals surface area contributed by atoms with E-state index in [4.69, 9.17) is 8.92 Å². The van der Waals surface area contributed by atoms with Gasteiger partial charge in [-0.05, 0) is 57.2 Å². The third-order valence-corrected chi connectivity index (χ3v) is 5.24. The molecule has 0 fully saturated rings. The molecule has 1 aromatic rings. The zero-order valence-corrected chi connectivity index (χ0v) is 15.0. The predicted molar refractivity (Wildman–Crippen MR) is 91.0 cm³/mol. The molecular weight excluding hydrogens is 328 g/mol. The fourth-order valence-electron chi connectivity index (χ4n) is 2.72. The van der Waals surface area contributed by atoms with Crippen molar-refractivity contribution in [2.24, 2.45) is 0 Å².